The summed E-state index contributed by atoms with van der Waals surface area (Å²) in [6.45, 7) is 8.07. The molecule has 0 atom stereocenters. The minimum atomic E-state index is 0.825. The van der Waals surface area contributed by atoms with Gasteiger partial charge in [-0.15, -0.1) is 0 Å². The Balaban J connectivity index is 2.93. The van der Waals surface area contributed by atoms with Gasteiger partial charge >= 0.3 is 0 Å². The molecule has 8 heavy (non-hydrogen) atoms. The molecule has 0 spiro atoms. The van der Waals surface area contributed by atoms with Crippen LogP contribution in [0.5, 0.6) is 0 Å². The summed E-state index contributed by atoms with van der Waals surface area (Å²) < 4.78 is 0. The van der Waals surface area contributed by atoms with Crippen LogP contribution in [0.15, 0.2) is 12.2 Å². The second-order valence-electron chi connectivity index (χ2n) is 2.44. The van der Waals surface area contributed by atoms with E-state index in [1.165, 1.54) is 12.8 Å². The molecule has 0 saturated carbocycles. The van der Waals surface area contributed by atoms with E-state index in [2.05, 4.69) is 26.8 Å². The van der Waals surface area contributed by atoms with E-state index in [9.17, 15) is 0 Å². The van der Waals surface area contributed by atoms with Crippen molar-refractivity contribution in [3.8, 4) is 0 Å². The fourth-order valence-corrected chi connectivity index (χ4v) is 0.547. The summed E-state index contributed by atoms with van der Waals surface area (Å²) in [5.74, 6) is 0.825. The van der Waals surface area contributed by atoms with E-state index < -0.39 is 0 Å². The largest absolute Gasteiger partial charge is 0.0885 e. The molecule has 0 unspecified atom stereocenters. The highest BCUT2D eigenvalue weighted by molar-refractivity contribution is 4.83. The van der Waals surface area contributed by atoms with Gasteiger partial charge in [0.2, 0.25) is 0 Å². The van der Waals surface area contributed by atoms with E-state index in [0.717, 1.165) is 5.92 Å². The Labute approximate surface area is 52.6 Å². The van der Waals surface area contributed by atoms with E-state index in [-0.39, 0.29) is 0 Å². The Bertz CT molecular complexity index is 60.4. The number of allylic oxidation sites excluding steroid dienone is 2. The third-order valence-electron chi connectivity index (χ3n) is 1.08. The fourth-order valence-electron chi connectivity index (χ4n) is 0.547. The lowest BCUT2D eigenvalue weighted by atomic mass is 10.1. The third kappa shape index (κ3) is 5.74. The first-order valence-electron chi connectivity index (χ1n) is 3.21. The van der Waals surface area contributed by atoms with Crippen LogP contribution >= 0.6 is 0 Å². The Morgan fingerprint density at radius 3 is 2.50 bits per heavy atom. The molecule has 0 aliphatic carbocycles. The first-order valence-corrected chi connectivity index (χ1v) is 3.21. The first kappa shape index (κ1) is 7.74. The predicted octanol–water partition coefficient (Wildman–Crippen LogP) is 2.81. The lowest BCUT2D eigenvalue weighted by Gasteiger charge is -1.97. The first-order chi connectivity index (χ1) is 3.77. The van der Waals surface area contributed by atoms with Gasteiger partial charge in [-0.25, -0.2) is 0 Å². The highest BCUT2D eigenvalue weighted by Crippen LogP contribution is 2.02. The third-order valence-corrected chi connectivity index (χ3v) is 1.08. The zero-order chi connectivity index (χ0) is 6.41. The van der Waals surface area contributed by atoms with Crippen LogP contribution in [0.4, 0.5) is 0 Å². The van der Waals surface area contributed by atoms with Gasteiger partial charge in [0.15, 0.2) is 0 Å². The van der Waals surface area contributed by atoms with Gasteiger partial charge in [0.05, 0.1) is 0 Å². The zero-order valence-electron chi connectivity index (χ0n) is 5.85. The van der Waals surface area contributed by atoms with Crippen LogP contribution in [0, 0.1) is 12.8 Å². The molecule has 0 aromatic carbocycles. The van der Waals surface area contributed by atoms with Crippen molar-refractivity contribution in [1.82, 2.24) is 0 Å². The molecule has 0 aromatic heterocycles. The van der Waals surface area contributed by atoms with Crippen molar-refractivity contribution in [3.63, 3.8) is 0 Å². The van der Waals surface area contributed by atoms with Gasteiger partial charge < -0.3 is 0 Å². The van der Waals surface area contributed by atoms with Crippen molar-refractivity contribution < 1.29 is 0 Å². The SMILES string of the molecule is [CH2]/C=C/CCC(C)C. The molecule has 47 valence electrons. The van der Waals surface area contributed by atoms with Crippen LogP contribution in [0.1, 0.15) is 26.7 Å². The summed E-state index contributed by atoms with van der Waals surface area (Å²) in [4.78, 5) is 0. The predicted molar refractivity (Wildman–Crippen MR) is 38.6 cm³/mol. The molecule has 0 rings (SSSR count). The molecule has 0 aromatic rings. The van der Waals surface area contributed by atoms with Gasteiger partial charge in [-0.1, -0.05) is 26.0 Å². The van der Waals surface area contributed by atoms with Crippen molar-refractivity contribution in [2.24, 2.45) is 5.92 Å². The summed E-state index contributed by atoms with van der Waals surface area (Å²) in [7, 11) is 0. The van der Waals surface area contributed by atoms with Gasteiger partial charge in [0.25, 0.3) is 0 Å². The maximum Gasteiger partial charge on any atom is -0.0316 e. The average molecular weight is 111 g/mol. The second kappa shape index (κ2) is 4.89. The van der Waals surface area contributed by atoms with Gasteiger partial charge in [-0.2, -0.15) is 0 Å². The van der Waals surface area contributed by atoms with Gasteiger partial charge in [0, 0.05) is 0 Å². The van der Waals surface area contributed by atoms with Gasteiger partial charge in [0.1, 0.15) is 0 Å². The lowest BCUT2D eigenvalue weighted by molar-refractivity contribution is 0.594. The van der Waals surface area contributed by atoms with Crippen LogP contribution in [0.3, 0.4) is 0 Å². The monoisotopic (exact) mass is 111 g/mol. The molecular weight excluding hydrogens is 96.1 g/mol. The molecule has 0 nitrogen and oxygen atoms in total. The second-order valence-corrected chi connectivity index (χ2v) is 2.44. The molecular formula is C8H15. The Kier molecular flexibility index (Phi) is 4.73. The van der Waals surface area contributed by atoms with Crippen LogP contribution in [0.2, 0.25) is 0 Å². The molecule has 0 heterocycles. The standard InChI is InChI=1S/C8H15/c1-4-5-6-7-8(2)3/h4-5,8H,1,6-7H2,2-3H3/b5-4+. The summed E-state index contributed by atoms with van der Waals surface area (Å²) in [6, 6.07) is 0. The summed E-state index contributed by atoms with van der Waals surface area (Å²) >= 11 is 0. The maximum absolute atomic E-state index is 3.60. The molecule has 0 amide bonds. The highest BCUT2D eigenvalue weighted by atomic mass is 13.9. The van der Waals surface area contributed by atoms with Crippen LogP contribution in [-0.4, -0.2) is 0 Å². The molecule has 1 radical (unpaired) electrons. The van der Waals surface area contributed by atoms with Gasteiger partial charge in [-0.05, 0) is 25.7 Å². The van der Waals surface area contributed by atoms with E-state index in [4.69, 9.17) is 0 Å². The van der Waals surface area contributed by atoms with Crippen molar-refractivity contribution in [2.45, 2.75) is 26.7 Å². The van der Waals surface area contributed by atoms with E-state index in [0.29, 0.717) is 0 Å². The minimum absolute atomic E-state index is 0.825. The van der Waals surface area contributed by atoms with Crippen LogP contribution in [0.25, 0.3) is 0 Å². The number of hydrogen-bond donors (Lipinski definition) is 0. The molecule has 0 N–H and O–H groups in total. The fraction of sp³-hybridized carbons (Fsp3) is 0.625. The summed E-state index contributed by atoms with van der Waals surface area (Å²) in [5, 5.41) is 0. The van der Waals surface area contributed by atoms with Crippen molar-refractivity contribution in [1.29, 1.82) is 0 Å². The summed E-state index contributed by atoms with van der Waals surface area (Å²) in [6.07, 6.45) is 6.44. The van der Waals surface area contributed by atoms with E-state index >= 15 is 0 Å². The molecule has 0 saturated heterocycles. The Morgan fingerprint density at radius 1 is 1.50 bits per heavy atom. The Morgan fingerprint density at radius 2 is 2.12 bits per heavy atom. The van der Waals surface area contributed by atoms with Crippen molar-refractivity contribution >= 4 is 0 Å². The van der Waals surface area contributed by atoms with Crippen molar-refractivity contribution in [2.75, 3.05) is 0 Å². The minimum Gasteiger partial charge on any atom is -0.0885 e. The molecule has 0 fully saturated rings. The summed E-state index contributed by atoms with van der Waals surface area (Å²) in [5.41, 5.74) is 0. The van der Waals surface area contributed by atoms with Crippen LogP contribution in [-0.2, 0) is 0 Å². The van der Waals surface area contributed by atoms with E-state index in [1.54, 1.807) is 0 Å². The normalized spacial score (nSPS) is 11.5. The zero-order valence-corrected chi connectivity index (χ0v) is 5.85. The molecule has 0 heteroatoms. The Hall–Kier alpha value is -0.260. The molecule has 0 aliphatic heterocycles. The topological polar surface area (TPSA) is 0 Å². The maximum atomic E-state index is 3.60. The lowest BCUT2D eigenvalue weighted by Crippen LogP contribution is -1.82. The number of hydrogen-bond acceptors (Lipinski definition) is 0. The average Bonchev–Trinajstić information content (AvgIpc) is 1.66. The van der Waals surface area contributed by atoms with Crippen LogP contribution < -0.4 is 0 Å². The molecule has 0 aliphatic rings. The molecule has 0 bridgehead atoms. The smallest absolute Gasteiger partial charge is 0.0316 e. The highest BCUT2D eigenvalue weighted by Gasteiger charge is 1.87. The number of rotatable bonds is 3. The van der Waals surface area contributed by atoms with Gasteiger partial charge in [-0.3, -0.25) is 0 Å². The van der Waals surface area contributed by atoms with E-state index in [1.807, 2.05) is 6.08 Å². The van der Waals surface area contributed by atoms with Crippen molar-refractivity contribution in [3.05, 3.63) is 19.1 Å². The quantitative estimate of drug-likeness (QED) is 0.525.